The maximum atomic E-state index is 12.5. The minimum Gasteiger partial charge on any atom is -0.447 e. The number of alkyl carbamates (subject to hydrolysis) is 1. The molecule has 0 saturated heterocycles. The van der Waals surface area contributed by atoms with E-state index in [9.17, 15) is 9.59 Å². The number of hydrogen-bond acceptors (Lipinski definition) is 4. The molecule has 0 aromatic heterocycles. The molecular weight excluding hydrogens is 344 g/mol. The van der Waals surface area contributed by atoms with E-state index in [-0.39, 0.29) is 24.8 Å². The third-order valence-corrected chi connectivity index (χ3v) is 5.72. The molecule has 0 radical (unpaired) electrons. The van der Waals surface area contributed by atoms with Gasteiger partial charge in [-0.15, -0.1) is 0 Å². The first-order valence-corrected chi connectivity index (χ1v) is 10.7. The van der Waals surface area contributed by atoms with Crippen molar-refractivity contribution in [2.45, 2.75) is 103 Å². The topological polar surface area (TPSA) is 67.9 Å². The summed E-state index contributed by atoms with van der Waals surface area (Å²) >= 11 is 0. The van der Waals surface area contributed by atoms with E-state index in [1.54, 1.807) is 4.90 Å². The number of carbonyl (C=O) groups excluding carboxylic acids is 2. The van der Waals surface area contributed by atoms with Crippen LogP contribution in [-0.4, -0.2) is 48.4 Å². The summed E-state index contributed by atoms with van der Waals surface area (Å²) in [4.78, 5) is 26.5. The molecule has 6 heteroatoms. The lowest BCUT2D eigenvalue weighted by Crippen LogP contribution is -2.47. The van der Waals surface area contributed by atoms with Crippen LogP contribution in [0, 0.1) is 5.92 Å². The molecule has 27 heavy (non-hydrogen) atoms. The monoisotopic (exact) mass is 382 g/mol. The molecule has 0 aromatic rings. The minimum absolute atomic E-state index is 0.191. The summed E-state index contributed by atoms with van der Waals surface area (Å²) < 4.78 is 11.0. The van der Waals surface area contributed by atoms with Crippen molar-refractivity contribution in [3.63, 3.8) is 0 Å². The molecule has 0 aliphatic heterocycles. The zero-order valence-corrected chi connectivity index (χ0v) is 17.6. The van der Waals surface area contributed by atoms with E-state index < -0.39 is 11.7 Å². The van der Waals surface area contributed by atoms with E-state index in [0.717, 1.165) is 38.5 Å². The Bertz CT molecular complexity index is 477. The van der Waals surface area contributed by atoms with Gasteiger partial charge < -0.3 is 19.7 Å². The minimum atomic E-state index is -0.543. The Morgan fingerprint density at radius 1 is 1.00 bits per heavy atom. The molecular formula is C21H38N2O4. The van der Waals surface area contributed by atoms with Crippen LogP contribution in [0.4, 0.5) is 9.59 Å². The first kappa shape index (κ1) is 21.8. The predicted octanol–water partition coefficient (Wildman–Crippen LogP) is 4.86. The van der Waals surface area contributed by atoms with E-state index in [2.05, 4.69) is 5.32 Å². The summed E-state index contributed by atoms with van der Waals surface area (Å²) in [6.07, 6.45) is 10.6. The number of amides is 2. The van der Waals surface area contributed by atoms with Gasteiger partial charge >= 0.3 is 12.2 Å². The van der Waals surface area contributed by atoms with Crippen LogP contribution in [-0.2, 0) is 9.47 Å². The van der Waals surface area contributed by atoms with Gasteiger partial charge in [-0.3, -0.25) is 0 Å². The third kappa shape index (κ3) is 7.59. The molecule has 2 rings (SSSR count). The zero-order valence-electron chi connectivity index (χ0n) is 17.6. The van der Waals surface area contributed by atoms with Crippen LogP contribution in [0.25, 0.3) is 0 Å². The fourth-order valence-electron chi connectivity index (χ4n) is 4.17. The molecule has 156 valence electrons. The van der Waals surface area contributed by atoms with E-state index in [1.807, 2.05) is 27.8 Å². The van der Waals surface area contributed by atoms with Gasteiger partial charge in [-0.05, 0) is 52.4 Å². The van der Waals surface area contributed by atoms with Crippen LogP contribution in [0.3, 0.4) is 0 Å². The number of ether oxygens (including phenoxy) is 2. The highest BCUT2D eigenvalue weighted by Crippen LogP contribution is 2.27. The lowest BCUT2D eigenvalue weighted by atomic mass is 9.84. The first-order chi connectivity index (χ1) is 12.8. The molecule has 1 atom stereocenters. The Morgan fingerprint density at radius 2 is 1.56 bits per heavy atom. The second-order valence-corrected chi connectivity index (χ2v) is 9.13. The molecule has 2 fully saturated rings. The summed E-state index contributed by atoms with van der Waals surface area (Å²) in [6, 6.07) is 0.0852. The lowest BCUT2D eigenvalue weighted by Gasteiger charge is -2.33. The molecule has 0 unspecified atom stereocenters. The first-order valence-electron chi connectivity index (χ1n) is 10.7. The maximum Gasteiger partial charge on any atom is 0.409 e. The number of nitrogens with one attached hydrogen (secondary N) is 1. The average molecular weight is 383 g/mol. The summed E-state index contributed by atoms with van der Waals surface area (Å²) in [6.45, 7) is 5.75. The van der Waals surface area contributed by atoms with Gasteiger partial charge in [0.05, 0.1) is 6.04 Å². The number of carbonyl (C=O) groups is 2. The van der Waals surface area contributed by atoms with Crippen molar-refractivity contribution >= 4 is 12.2 Å². The number of hydrogen-bond donors (Lipinski definition) is 1. The summed E-state index contributed by atoms with van der Waals surface area (Å²) in [7, 11) is 1.83. The van der Waals surface area contributed by atoms with Crippen molar-refractivity contribution in [1.29, 1.82) is 0 Å². The molecule has 0 spiro atoms. The lowest BCUT2D eigenvalue weighted by molar-refractivity contribution is 0.0378. The smallest absolute Gasteiger partial charge is 0.409 e. The molecule has 1 N–H and O–H groups in total. The average Bonchev–Trinajstić information content (AvgIpc) is 2.64. The van der Waals surface area contributed by atoms with Crippen molar-refractivity contribution in [2.75, 3.05) is 13.7 Å². The van der Waals surface area contributed by atoms with Gasteiger partial charge in [0.15, 0.2) is 0 Å². The van der Waals surface area contributed by atoms with Crippen molar-refractivity contribution in [1.82, 2.24) is 10.2 Å². The van der Waals surface area contributed by atoms with Crippen LogP contribution in [0.2, 0.25) is 0 Å². The summed E-state index contributed by atoms with van der Waals surface area (Å²) in [5.41, 5.74) is -0.543. The molecule has 0 heterocycles. The second-order valence-electron chi connectivity index (χ2n) is 9.13. The number of nitrogens with zero attached hydrogens (tertiary/aromatic N) is 1. The van der Waals surface area contributed by atoms with Gasteiger partial charge in [-0.25, -0.2) is 9.59 Å². The fourth-order valence-corrected chi connectivity index (χ4v) is 4.17. The van der Waals surface area contributed by atoms with E-state index in [4.69, 9.17) is 9.47 Å². The Morgan fingerprint density at radius 3 is 2.11 bits per heavy atom. The predicted molar refractivity (Wildman–Crippen MR) is 106 cm³/mol. The van der Waals surface area contributed by atoms with E-state index in [1.165, 1.54) is 25.7 Å². The van der Waals surface area contributed by atoms with Gasteiger partial charge in [-0.1, -0.05) is 38.5 Å². The van der Waals surface area contributed by atoms with Crippen LogP contribution >= 0.6 is 0 Å². The summed E-state index contributed by atoms with van der Waals surface area (Å²) in [5.74, 6) is 0.332. The van der Waals surface area contributed by atoms with Crippen molar-refractivity contribution < 1.29 is 19.1 Å². The normalized spacial score (nSPS) is 20.6. The van der Waals surface area contributed by atoms with Crippen LogP contribution in [0.15, 0.2) is 0 Å². The van der Waals surface area contributed by atoms with Gasteiger partial charge in [0.25, 0.3) is 0 Å². The molecule has 0 aromatic carbocycles. The van der Waals surface area contributed by atoms with Crippen LogP contribution < -0.4 is 5.32 Å². The Kier molecular flexibility index (Phi) is 8.24. The van der Waals surface area contributed by atoms with E-state index >= 15 is 0 Å². The Labute approximate surface area is 164 Å². The summed E-state index contributed by atoms with van der Waals surface area (Å²) in [5, 5.41) is 2.96. The molecule has 6 nitrogen and oxygen atoms in total. The molecule has 2 saturated carbocycles. The molecule has 2 aliphatic carbocycles. The second kappa shape index (κ2) is 10.2. The quantitative estimate of drug-likeness (QED) is 0.737. The molecule has 2 aliphatic rings. The Balaban J connectivity index is 1.90. The fraction of sp³-hybridized carbons (Fsp3) is 0.905. The van der Waals surface area contributed by atoms with E-state index in [0.29, 0.717) is 5.92 Å². The van der Waals surface area contributed by atoms with Gasteiger partial charge in [0.1, 0.15) is 12.2 Å². The largest absolute Gasteiger partial charge is 0.447 e. The molecule has 0 bridgehead atoms. The highest BCUT2D eigenvalue weighted by atomic mass is 16.6. The highest BCUT2D eigenvalue weighted by molar-refractivity contribution is 5.69. The Hall–Kier alpha value is -1.46. The van der Waals surface area contributed by atoms with Crippen LogP contribution in [0.5, 0.6) is 0 Å². The van der Waals surface area contributed by atoms with Gasteiger partial charge in [0.2, 0.25) is 0 Å². The van der Waals surface area contributed by atoms with Crippen LogP contribution in [0.1, 0.15) is 85.0 Å². The SMILES string of the molecule is CN(C(=O)OC[C@H](NC(=O)OC(C)(C)C)C1CCCCC1)C1CCCCC1. The van der Waals surface area contributed by atoms with Gasteiger partial charge in [0, 0.05) is 13.1 Å². The van der Waals surface area contributed by atoms with Crippen molar-refractivity contribution in [3.8, 4) is 0 Å². The zero-order chi connectivity index (χ0) is 19.9. The van der Waals surface area contributed by atoms with Crippen molar-refractivity contribution in [3.05, 3.63) is 0 Å². The van der Waals surface area contributed by atoms with Crippen molar-refractivity contribution in [2.24, 2.45) is 5.92 Å². The molecule has 2 amide bonds. The maximum absolute atomic E-state index is 12.5. The highest BCUT2D eigenvalue weighted by Gasteiger charge is 2.30. The third-order valence-electron chi connectivity index (χ3n) is 5.72. The standard InChI is InChI=1S/C21H38N2O4/c1-21(2,3)27-19(24)22-18(16-11-7-5-8-12-16)15-26-20(25)23(4)17-13-9-6-10-14-17/h16-18H,5-15H2,1-4H3,(H,22,24)/t18-/m0/s1. The van der Waals surface area contributed by atoms with Gasteiger partial charge in [-0.2, -0.15) is 0 Å². The number of rotatable bonds is 5.